The van der Waals surface area contributed by atoms with Crippen LogP contribution in [0.15, 0.2) is 36.4 Å². The van der Waals surface area contributed by atoms with Gasteiger partial charge in [0.05, 0.1) is 15.7 Å². The Hall–Kier alpha value is -1.32. The van der Waals surface area contributed by atoms with Gasteiger partial charge in [0.2, 0.25) is 0 Å². The molecule has 94 valence electrons. The standard InChI is InChI=1S/C13H9Cl2F2N/c14-10-3-1-8(5-12(10)17)7-18-13-6-9(16)2-4-11(13)15/h1-6,18H,7H2. The molecule has 0 saturated heterocycles. The van der Waals surface area contributed by atoms with Crippen LogP contribution in [0.5, 0.6) is 0 Å². The minimum Gasteiger partial charge on any atom is -0.380 e. The van der Waals surface area contributed by atoms with E-state index < -0.39 is 5.82 Å². The Labute approximate surface area is 113 Å². The smallest absolute Gasteiger partial charge is 0.142 e. The van der Waals surface area contributed by atoms with Crippen LogP contribution in [-0.4, -0.2) is 0 Å². The van der Waals surface area contributed by atoms with Crippen LogP contribution in [0.4, 0.5) is 14.5 Å². The molecule has 0 spiro atoms. The Balaban J connectivity index is 2.11. The van der Waals surface area contributed by atoms with E-state index in [9.17, 15) is 8.78 Å². The summed E-state index contributed by atoms with van der Waals surface area (Å²) in [4.78, 5) is 0. The molecule has 0 fully saturated rings. The molecule has 0 aliphatic carbocycles. The Morgan fingerprint density at radius 2 is 1.67 bits per heavy atom. The van der Waals surface area contributed by atoms with Gasteiger partial charge in [-0.3, -0.25) is 0 Å². The summed E-state index contributed by atoms with van der Waals surface area (Å²) in [6, 6.07) is 8.50. The third-order valence-electron chi connectivity index (χ3n) is 2.40. The lowest BCUT2D eigenvalue weighted by atomic mass is 10.2. The van der Waals surface area contributed by atoms with Crippen molar-refractivity contribution in [2.45, 2.75) is 6.54 Å². The van der Waals surface area contributed by atoms with E-state index in [4.69, 9.17) is 23.2 Å². The lowest BCUT2D eigenvalue weighted by molar-refractivity contribution is 0.625. The van der Waals surface area contributed by atoms with Crippen LogP contribution >= 0.6 is 23.2 Å². The first kappa shape index (κ1) is 13.1. The van der Waals surface area contributed by atoms with Crippen LogP contribution < -0.4 is 5.32 Å². The molecule has 0 atom stereocenters. The first-order chi connectivity index (χ1) is 8.56. The van der Waals surface area contributed by atoms with Crippen molar-refractivity contribution in [3.63, 3.8) is 0 Å². The lowest BCUT2D eigenvalue weighted by Crippen LogP contribution is -2.00. The normalized spacial score (nSPS) is 10.4. The number of rotatable bonds is 3. The van der Waals surface area contributed by atoms with E-state index in [1.807, 2.05) is 0 Å². The molecule has 2 aromatic carbocycles. The fourth-order valence-electron chi connectivity index (χ4n) is 1.48. The van der Waals surface area contributed by atoms with Crippen molar-refractivity contribution in [2.24, 2.45) is 0 Å². The molecule has 0 saturated carbocycles. The van der Waals surface area contributed by atoms with Crippen molar-refractivity contribution < 1.29 is 8.78 Å². The number of benzene rings is 2. The minimum absolute atomic E-state index is 0.0718. The maximum absolute atomic E-state index is 13.2. The summed E-state index contributed by atoms with van der Waals surface area (Å²) < 4.78 is 26.2. The molecule has 18 heavy (non-hydrogen) atoms. The fraction of sp³-hybridized carbons (Fsp3) is 0.0769. The average Bonchev–Trinajstić information content (AvgIpc) is 2.34. The summed E-state index contributed by atoms with van der Waals surface area (Å²) in [6.45, 7) is 0.331. The highest BCUT2D eigenvalue weighted by Gasteiger charge is 2.04. The molecule has 5 heteroatoms. The van der Waals surface area contributed by atoms with E-state index in [1.54, 1.807) is 6.07 Å². The van der Waals surface area contributed by atoms with Crippen LogP contribution in [0.1, 0.15) is 5.56 Å². The molecule has 0 amide bonds. The van der Waals surface area contributed by atoms with Gasteiger partial charge in [-0.1, -0.05) is 29.3 Å². The maximum Gasteiger partial charge on any atom is 0.142 e. The summed E-state index contributed by atoms with van der Waals surface area (Å²) in [7, 11) is 0. The zero-order chi connectivity index (χ0) is 13.1. The predicted molar refractivity (Wildman–Crippen MR) is 70.1 cm³/mol. The highest BCUT2D eigenvalue weighted by Crippen LogP contribution is 2.23. The average molecular weight is 288 g/mol. The van der Waals surface area contributed by atoms with Crippen LogP contribution in [0.25, 0.3) is 0 Å². The molecule has 0 unspecified atom stereocenters. The zero-order valence-corrected chi connectivity index (χ0v) is 10.7. The van der Waals surface area contributed by atoms with Gasteiger partial charge in [-0.2, -0.15) is 0 Å². The molecule has 0 radical (unpaired) electrons. The molecule has 0 aliphatic rings. The van der Waals surface area contributed by atoms with Gasteiger partial charge in [0, 0.05) is 6.54 Å². The Morgan fingerprint density at radius 1 is 0.944 bits per heavy atom. The fourth-order valence-corrected chi connectivity index (χ4v) is 1.78. The summed E-state index contributed by atoms with van der Waals surface area (Å²) in [5, 5.41) is 3.42. The van der Waals surface area contributed by atoms with Gasteiger partial charge in [0.1, 0.15) is 11.6 Å². The van der Waals surface area contributed by atoms with Gasteiger partial charge in [-0.15, -0.1) is 0 Å². The van der Waals surface area contributed by atoms with Crippen molar-refractivity contribution >= 4 is 28.9 Å². The van der Waals surface area contributed by atoms with E-state index in [1.165, 1.54) is 30.3 Å². The number of halogens is 4. The van der Waals surface area contributed by atoms with Crippen LogP contribution in [-0.2, 0) is 6.54 Å². The highest BCUT2D eigenvalue weighted by molar-refractivity contribution is 6.33. The van der Waals surface area contributed by atoms with Gasteiger partial charge in [-0.25, -0.2) is 8.78 Å². The van der Waals surface area contributed by atoms with E-state index in [0.717, 1.165) is 0 Å². The molecule has 0 bridgehead atoms. The second-order valence-electron chi connectivity index (χ2n) is 3.73. The SMILES string of the molecule is Fc1ccc(Cl)c(NCc2ccc(Cl)c(F)c2)c1. The van der Waals surface area contributed by atoms with Crippen molar-refractivity contribution in [1.29, 1.82) is 0 Å². The van der Waals surface area contributed by atoms with Crippen molar-refractivity contribution in [3.8, 4) is 0 Å². The molecule has 1 N–H and O–H groups in total. The summed E-state index contributed by atoms with van der Waals surface area (Å²) >= 11 is 11.5. The molecule has 1 nitrogen and oxygen atoms in total. The molecule has 0 aromatic heterocycles. The number of hydrogen-bond donors (Lipinski definition) is 1. The van der Waals surface area contributed by atoms with Gasteiger partial charge >= 0.3 is 0 Å². The van der Waals surface area contributed by atoms with Crippen LogP contribution in [0, 0.1) is 11.6 Å². The van der Waals surface area contributed by atoms with Gasteiger partial charge in [-0.05, 0) is 35.9 Å². The lowest BCUT2D eigenvalue weighted by Gasteiger charge is -2.09. The summed E-state index contributed by atoms with van der Waals surface area (Å²) in [5.41, 5.74) is 1.16. The molecule has 2 rings (SSSR count). The topological polar surface area (TPSA) is 12.0 Å². The quantitative estimate of drug-likeness (QED) is 0.848. The first-order valence-electron chi connectivity index (χ1n) is 5.19. The van der Waals surface area contributed by atoms with Crippen LogP contribution in [0.3, 0.4) is 0 Å². The Morgan fingerprint density at radius 3 is 2.39 bits per heavy atom. The van der Waals surface area contributed by atoms with E-state index >= 15 is 0 Å². The summed E-state index contributed by atoms with van der Waals surface area (Å²) in [6.07, 6.45) is 0. The molecular formula is C13H9Cl2F2N. The third-order valence-corrected chi connectivity index (χ3v) is 3.03. The van der Waals surface area contributed by atoms with Gasteiger partial charge in [0.15, 0.2) is 0 Å². The first-order valence-corrected chi connectivity index (χ1v) is 5.95. The van der Waals surface area contributed by atoms with E-state index in [2.05, 4.69) is 5.32 Å². The van der Waals surface area contributed by atoms with Crippen molar-refractivity contribution in [2.75, 3.05) is 5.32 Å². The zero-order valence-electron chi connectivity index (χ0n) is 9.18. The largest absolute Gasteiger partial charge is 0.380 e. The second kappa shape index (κ2) is 5.55. The van der Waals surface area contributed by atoms with Crippen molar-refractivity contribution in [3.05, 3.63) is 63.6 Å². The third kappa shape index (κ3) is 3.12. The monoisotopic (exact) mass is 287 g/mol. The number of anilines is 1. The molecule has 0 heterocycles. The number of hydrogen-bond acceptors (Lipinski definition) is 1. The Bertz CT molecular complexity index is 573. The Kier molecular flexibility index (Phi) is 4.04. The molecule has 0 aliphatic heterocycles. The van der Waals surface area contributed by atoms with Gasteiger partial charge < -0.3 is 5.32 Å². The van der Waals surface area contributed by atoms with Crippen molar-refractivity contribution in [1.82, 2.24) is 0 Å². The second-order valence-corrected chi connectivity index (χ2v) is 4.54. The number of nitrogens with one attached hydrogen (secondary N) is 1. The predicted octanol–water partition coefficient (Wildman–Crippen LogP) is 4.88. The van der Waals surface area contributed by atoms with E-state index in [0.29, 0.717) is 22.8 Å². The maximum atomic E-state index is 13.2. The van der Waals surface area contributed by atoms with Gasteiger partial charge in [0.25, 0.3) is 0 Å². The van der Waals surface area contributed by atoms with E-state index in [-0.39, 0.29) is 10.8 Å². The molecular weight excluding hydrogens is 279 g/mol. The highest BCUT2D eigenvalue weighted by atomic mass is 35.5. The minimum atomic E-state index is -0.485. The van der Waals surface area contributed by atoms with Crippen LogP contribution in [0.2, 0.25) is 10.0 Å². The molecule has 2 aromatic rings. The summed E-state index contributed by atoms with van der Waals surface area (Å²) in [5.74, 6) is -0.870.